The lowest BCUT2D eigenvalue weighted by Gasteiger charge is -2.18. The molecular weight excluding hydrogens is 240 g/mol. The Kier molecular flexibility index (Phi) is 3.29. The van der Waals surface area contributed by atoms with Crippen LogP contribution < -0.4 is 10.6 Å². The molecule has 0 radical (unpaired) electrons. The Labute approximate surface area is 111 Å². The van der Waals surface area contributed by atoms with Crippen LogP contribution in [-0.4, -0.2) is 22.2 Å². The molecule has 3 rings (SSSR count). The van der Waals surface area contributed by atoms with Crippen LogP contribution in [0.25, 0.3) is 0 Å². The van der Waals surface area contributed by atoms with Crippen molar-refractivity contribution in [1.29, 1.82) is 0 Å². The van der Waals surface area contributed by atoms with Crippen molar-refractivity contribution >= 4 is 11.6 Å². The molecule has 1 aliphatic rings. The fourth-order valence-electron chi connectivity index (χ4n) is 2.30. The van der Waals surface area contributed by atoms with Gasteiger partial charge in [-0.25, -0.2) is 0 Å². The van der Waals surface area contributed by atoms with E-state index >= 15 is 0 Å². The minimum absolute atomic E-state index is 0.0626. The Bertz CT molecular complexity index is 577. The van der Waals surface area contributed by atoms with E-state index < -0.39 is 0 Å². The van der Waals surface area contributed by atoms with Gasteiger partial charge in [-0.05, 0) is 42.3 Å². The first-order chi connectivity index (χ1) is 9.31. The molecular formula is C14H16N4O. The summed E-state index contributed by atoms with van der Waals surface area (Å²) in [5, 5.41) is 10.2. The van der Waals surface area contributed by atoms with Gasteiger partial charge in [0.05, 0.1) is 0 Å². The molecule has 0 atom stereocenters. The molecule has 2 aromatic rings. The number of nitrogens with zero attached hydrogens (tertiary/aromatic N) is 2. The van der Waals surface area contributed by atoms with Crippen molar-refractivity contribution in [3.63, 3.8) is 0 Å². The average molecular weight is 256 g/mol. The van der Waals surface area contributed by atoms with Gasteiger partial charge in [0, 0.05) is 24.6 Å². The molecule has 0 saturated heterocycles. The monoisotopic (exact) mass is 256 g/mol. The van der Waals surface area contributed by atoms with Crippen molar-refractivity contribution in [3.05, 3.63) is 47.8 Å². The average Bonchev–Trinajstić information content (AvgIpc) is 2.91. The lowest BCUT2D eigenvalue weighted by molar-refractivity contribution is -0.116. The molecule has 5 nitrogen and oxygen atoms in total. The maximum absolute atomic E-state index is 11.9. The molecule has 0 spiro atoms. The van der Waals surface area contributed by atoms with Crippen molar-refractivity contribution in [3.8, 4) is 0 Å². The zero-order chi connectivity index (χ0) is 13.1. The van der Waals surface area contributed by atoms with Crippen LogP contribution in [0.3, 0.4) is 0 Å². The lowest BCUT2D eigenvalue weighted by atomic mass is 10.0. The number of amides is 1. The molecule has 0 bridgehead atoms. The smallest absolute Gasteiger partial charge is 0.246 e. The van der Waals surface area contributed by atoms with Gasteiger partial charge in [0.2, 0.25) is 5.91 Å². The first kappa shape index (κ1) is 11.9. The zero-order valence-electron chi connectivity index (χ0n) is 10.6. The first-order valence-electron chi connectivity index (χ1n) is 6.41. The van der Waals surface area contributed by atoms with Crippen molar-refractivity contribution in [2.45, 2.75) is 19.5 Å². The third-order valence-electron chi connectivity index (χ3n) is 3.24. The van der Waals surface area contributed by atoms with Crippen LogP contribution in [0, 0.1) is 0 Å². The van der Waals surface area contributed by atoms with Gasteiger partial charge >= 0.3 is 0 Å². The Hall–Kier alpha value is -2.14. The van der Waals surface area contributed by atoms with E-state index in [0.717, 1.165) is 25.2 Å². The quantitative estimate of drug-likeness (QED) is 0.866. The highest BCUT2D eigenvalue weighted by Crippen LogP contribution is 2.18. The summed E-state index contributed by atoms with van der Waals surface area (Å²) in [6.07, 6.45) is 4.49. The van der Waals surface area contributed by atoms with Gasteiger partial charge in [-0.2, -0.15) is 5.10 Å². The fourth-order valence-corrected chi connectivity index (χ4v) is 2.30. The normalized spacial score (nSPS) is 13.9. The fraction of sp³-hybridized carbons (Fsp3) is 0.286. The maximum atomic E-state index is 11.9. The molecule has 19 heavy (non-hydrogen) atoms. The number of nitrogens with one attached hydrogen (secondary N) is 2. The number of hydrogen-bond acceptors (Lipinski definition) is 3. The second-order valence-corrected chi connectivity index (χ2v) is 4.66. The second-order valence-electron chi connectivity index (χ2n) is 4.66. The highest BCUT2D eigenvalue weighted by atomic mass is 16.2. The molecule has 2 heterocycles. The third kappa shape index (κ3) is 2.82. The van der Waals surface area contributed by atoms with Gasteiger partial charge in [0.15, 0.2) is 0 Å². The Morgan fingerprint density at radius 3 is 3.21 bits per heavy atom. The zero-order valence-corrected chi connectivity index (χ0v) is 10.6. The summed E-state index contributed by atoms with van der Waals surface area (Å²) in [6.45, 7) is 2.14. The van der Waals surface area contributed by atoms with Gasteiger partial charge in [-0.15, -0.1) is 0 Å². The Morgan fingerprint density at radius 2 is 2.37 bits per heavy atom. The Morgan fingerprint density at radius 1 is 1.42 bits per heavy atom. The lowest BCUT2D eigenvalue weighted by Crippen LogP contribution is -2.24. The van der Waals surface area contributed by atoms with Crippen molar-refractivity contribution < 1.29 is 4.79 Å². The van der Waals surface area contributed by atoms with Gasteiger partial charge < -0.3 is 10.6 Å². The van der Waals surface area contributed by atoms with Crippen LogP contribution in [0.5, 0.6) is 0 Å². The number of fused-ring (bicyclic) bond motifs is 1. The van der Waals surface area contributed by atoms with Gasteiger partial charge in [-0.3, -0.25) is 9.48 Å². The molecule has 0 saturated carbocycles. The van der Waals surface area contributed by atoms with E-state index in [9.17, 15) is 4.79 Å². The van der Waals surface area contributed by atoms with Crippen LogP contribution in [0.15, 0.2) is 36.7 Å². The Balaban J connectivity index is 1.67. The molecule has 98 valence electrons. The molecule has 1 aromatic heterocycles. The largest absolute Gasteiger partial charge is 0.324 e. The standard InChI is InChI=1S/C14H16N4O/c19-14(10-18-7-1-5-16-18)17-13-3-2-11-4-6-15-9-12(11)8-13/h1-3,5,7-8,15H,4,6,9-10H2,(H,17,19). The first-order valence-corrected chi connectivity index (χ1v) is 6.41. The van der Waals surface area contributed by atoms with Gasteiger partial charge in [-0.1, -0.05) is 6.07 Å². The predicted molar refractivity (Wildman–Crippen MR) is 72.7 cm³/mol. The van der Waals surface area contributed by atoms with E-state index in [-0.39, 0.29) is 12.5 Å². The molecule has 0 aliphatic carbocycles. The summed E-state index contributed by atoms with van der Waals surface area (Å²) in [6, 6.07) is 7.91. The van der Waals surface area contributed by atoms with Crippen molar-refractivity contribution in [1.82, 2.24) is 15.1 Å². The van der Waals surface area contributed by atoms with Gasteiger partial charge in [0.25, 0.3) is 0 Å². The van der Waals surface area contributed by atoms with E-state index in [4.69, 9.17) is 0 Å². The maximum Gasteiger partial charge on any atom is 0.246 e. The molecule has 2 N–H and O–H groups in total. The number of benzene rings is 1. The van der Waals surface area contributed by atoms with Crippen LogP contribution >= 0.6 is 0 Å². The predicted octanol–water partition coefficient (Wildman–Crippen LogP) is 1.17. The minimum atomic E-state index is -0.0626. The number of anilines is 1. The summed E-state index contributed by atoms with van der Waals surface area (Å²) < 4.78 is 1.61. The van der Waals surface area contributed by atoms with Crippen molar-refractivity contribution in [2.24, 2.45) is 0 Å². The van der Waals surface area contributed by atoms with E-state index in [1.807, 2.05) is 12.1 Å². The minimum Gasteiger partial charge on any atom is -0.324 e. The molecule has 1 amide bonds. The molecule has 0 unspecified atom stereocenters. The van der Waals surface area contributed by atoms with Crippen LogP contribution in [0.1, 0.15) is 11.1 Å². The van der Waals surface area contributed by atoms with Crippen LogP contribution in [-0.2, 0) is 24.3 Å². The molecule has 0 fully saturated rings. The highest BCUT2D eigenvalue weighted by Gasteiger charge is 2.10. The molecule has 1 aliphatic heterocycles. The second kappa shape index (κ2) is 5.24. The summed E-state index contributed by atoms with van der Waals surface area (Å²) in [5.41, 5.74) is 3.48. The SMILES string of the molecule is O=C(Cn1cccn1)Nc1ccc2c(c1)CNCC2. The van der Waals surface area contributed by atoms with Crippen molar-refractivity contribution in [2.75, 3.05) is 11.9 Å². The summed E-state index contributed by atoms with van der Waals surface area (Å²) in [7, 11) is 0. The number of hydrogen-bond donors (Lipinski definition) is 2. The number of aromatic nitrogens is 2. The number of carbonyl (C=O) groups excluding carboxylic acids is 1. The molecule has 1 aromatic carbocycles. The van der Waals surface area contributed by atoms with Crippen LogP contribution in [0.2, 0.25) is 0 Å². The highest BCUT2D eigenvalue weighted by molar-refractivity contribution is 5.90. The summed E-state index contributed by atoms with van der Waals surface area (Å²) in [5.74, 6) is -0.0626. The molecule has 5 heteroatoms. The van der Waals surface area contributed by atoms with E-state index in [0.29, 0.717) is 0 Å². The third-order valence-corrected chi connectivity index (χ3v) is 3.24. The van der Waals surface area contributed by atoms with Gasteiger partial charge in [0.1, 0.15) is 6.54 Å². The summed E-state index contributed by atoms with van der Waals surface area (Å²) >= 11 is 0. The van der Waals surface area contributed by atoms with E-state index in [1.165, 1.54) is 11.1 Å². The van der Waals surface area contributed by atoms with E-state index in [1.54, 1.807) is 23.1 Å². The number of carbonyl (C=O) groups is 1. The van der Waals surface area contributed by atoms with Crippen LogP contribution in [0.4, 0.5) is 5.69 Å². The number of rotatable bonds is 3. The topological polar surface area (TPSA) is 59.0 Å². The van der Waals surface area contributed by atoms with E-state index in [2.05, 4.69) is 21.8 Å². The summed E-state index contributed by atoms with van der Waals surface area (Å²) in [4.78, 5) is 11.9.